The van der Waals surface area contributed by atoms with Gasteiger partial charge in [-0.1, -0.05) is 19.9 Å². The number of rotatable bonds is 8. The van der Waals surface area contributed by atoms with Crippen molar-refractivity contribution in [2.75, 3.05) is 43.0 Å². The summed E-state index contributed by atoms with van der Waals surface area (Å²) in [4.78, 5) is 31.2. The molecule has 1 amide bonds. The summed E-state index contributed by atoms with van der Waals surface area (Å²) in [5.41, 5.74) is 4.45. The Morgan fingerprint density at radius 1 is 1.06 bits per heavy atom. The van der Waals surface area contributed by atoms with Crippen molar-refractivity contribution in [2.24, 2.45) is 11.8 Å². The lowest BCUT2D eigenvalue weighted by atomic mass is 9.88. The second-order valence-electron chi connectivity index (χ2n) is 13.7. The van der Waals surface area contributed by atoms with Crippen molar-refractivity contribution in [3.05, 3.63) is 71.6 Å². The minimum atomic E-state index is -0.688. The quantitative estimate of drug-likeness (QED) is 0.215. The van der Waals surface area contributed by atoms with Gasteiger partial charge < -0.3 is 19.9 Å². The van der Waals surface area contributed by atoms with Crippen molar-refractivity contribution in [3.63, 3.8) is 0 Å². The highest BCUT2D eigenvalue weighted by molar-refractivity contribution is 5.98. The summed E-state index contributed by atoms with van der Waals surface area (Å²) < 4.78 is 36.3. The Labute approximate surface area is 274 Å². The largest absolute Gasteiger partial charge is 0.375 e. The normalized spacial score (nSPS) is 19.1. The lowest BCUT2D eigenvalue weighted by molar-refractivity contribution is -0.133. The SMILES string of the molecule is Cc1c(-c2ccccn2)nc2cc(F)cc(F)c2c1Nc1cc(N2CCOC(CC(C)C)C2)ncc1C1CCN(C(=O)C2CC2)CC1. The Bertz CT molecular complexity index is 1770. The highest BCUT2D eigenvalue weighted by atomic mass is 19.1. The van der Waals surface area contributed by atoms with E-state index >= 15 is 4.39 Å². The molecule has 1 atom stereocenters. The maximum Gasteiger partial charge on any atom is 0.225 e. The number of carbonyl (C=O) groups excluding carboxylic acids is 1. The first kappa shape index (κ1) is 31.4. The van der Waals surface area contributed by atoms with Crippen LogP contribution in [0.1, 0.15) is 63.0 Å². The molecule has 7 rings (SSSR count). The number of likely N-dealkylation sites (tertiary alicyclic amines) is 1. The summed E-state index contributed by atoms with van der Waals surface area (Å²) in [6.07, 6.45) is 8.34. The zero-order valence-corrected chi connectivity index (χ0v) is 27.3. The molecular weight excluding hydrogens is 598 g/mol. The summed E-state index contributed by atoms with van der Waals surface area (Å²) in [6.45, 7) is 9.78. The fourth-order valence-electron chi connectivity index (χ4n) is 7.11. The summed E-state index contributed by atoms with van der Waals surface area (Å²) in [5, 5.41) is 3.85. The monoisotopic (exact) mass is 640 g/mol. The number of piperidine rings is 1. The van der Waals surface area contributed by atoms with E-state index in [1.807, 2.05) is 36.2 Å². The summed E-state index contributed by atoms with van der Waals surface area (Å²) in [7, 11) is 0. The molecule has 246 valence electrons. The zero-order valence-electron chi connectivity index (χ0n) is 27.3. The fraction of sp³-hybridized carbons (Fsp3) is 0.459. The van der Waals surface area contributed by atoms with Gasteiger partial charge in [-0.25, -0.2) is 18.7 Å². The molecule has 0 bridgehead atoms. The minimum absolute atomic E-state index is 0.117. The van der Waals surface area contributed by atoms with Crippen LogP contribution in [0.2, 0.25) is 0 Å². The highest BCUT2D eigenvalue weighted by Gasteiger charge is 2.36. The topological polar surface area (TPSA) is 83.5 Å². The summed E-state index contributed by atoms with van der Waals surface area (Å²) in [6, 6.07) is 9.77. The second kappa shape index (κ2) is 13.1. The van der Waals surface area contributed by atoms with Crippen molar-refractivity contribution in [1.29, 1.82) is 0 Å². The van der Waals surface area contributed by atoms with Crippen molar-refractivity contribution in [2.45, 2.75) is 64.9 Å². The maximum absolute atomic E-state index is 15.7. The van der Waals surface area contributed by atoms with Gasteiger partial charge in [0.15, 0.2) is 0 Å². The number of anilines is 3. The van der Waals surface area contributed by atoms with E-state index in [2.05, 4.69) is 35.1 Å². The molecule has 8 nitrogen and oxygen atoms in total. The lowest BCUT2D eigenvalue weighted by Crippen LogP contribution is -2.43. The van der Waals surface area contributed by atoms with Crippen LogP contribution in [0.15, 0.2) is 48.8 Å². The van der Waals surface area contributed by atoms with E-state index in [1.54, 1.807) is 6.20 Å². The first-order valence-corrected chi connectivity index (χ1v) is 16.9. The van der Waals surface area contributed by atoms with Crippen molar-refractivity contribution in [3.8, 4) is 11.4 Å². The Kier molecular flexibility index (Phi) is 8.79. The number of fused-ring (bicyclic) bond motifs is 1. The van der Waals surface area contributed by atoms with Crippen LogP contribution in [0.4, 0.5) is 26.0 Å². The van der Waals surface area contributed by atoms with Crippen molar-refractivity contribution < 1.29 is 18.3 Å². The molecular formula is C37H42F2N6O2. The molecule has 0 radical (unpaired) electrons. The Morgan fingerprint density at radius 2 is 1.87 bits per heavy atom. The van der Waals surface area contributed by atoms with Crippen LogP contribution in [0.5, 0.6) is 0 Å². The number of carbonyl (C=O) groups is 1. The number of halogens is 2. The Morgan fingerprint density at radius 3 is 2.60 bits per heavy atom. The van der Waals surface area contributed by atoms with Gasteiger partial charge in [0.25, 0.3) is 0 Å². The predicted molar refractivity (Wildman–Crippen MR) is 180 cm³/mol. The summed E-state index contributed by atoms with van der Waals surface area (Å²) >= 11 is 0. The number of nitrogens with one attached hydrogen (secondary N) is 1. The Balaban J connectivity index is 1.30. The average Bonchev–Trinajstić information content (AvgIpc) is 3.92. The standard InChI is InChI=1S/C37H42F2N6O2/c1-22(2)16-27-21-45(14-15-47-27)33-19-31(28(20-41-33)24-9-12-44(13-10-24)37(46)25-7-8-25)42-36-23(3)35(30-6-4-5-11-40-30)43-32-18-26(38)17-29(39)34(32)36/h4-6,11,17-20,22,24-25,27H,7-10,12-16,21H2,1-3H3,(H,41,42,43). The van der Waals surface area contributed by atoms with Crippen LogP contribution in [-0.2, 0) is 9.53 Å². The van der Waals surface area contributed by atoms with Gasteiger partial charge in [0.1, 0.15) is 17.5 Å². The number of pyridine rings is 3. The molecule has 1 aliphatic carbocycles. The predicted octanol–water partition coefficient (Wildman–Crippen LogP) is 7.39. The van der Waals surface area contributed by atoms with Crippen LogP contribution in [0.3, 0.4) is 0 Å². The summed E-state index contributed by atoms with van der Waals surface area (Å²) in [5.74, 6) is 0.607. The molecule has 47 heavy (non-hydrogen) atoms. The first-order chi connectivity index (χ1) is 22.7. The molecule has 1 unspecified atom stereocenters. The van der Waals surface area contributed by atoms with Crippen LogP contribution >= 0.6 is 0 Å². The number of amides is 1. The van der Waals surface area contributed by atoms with E-state index in [0.29, 0.717) is 48.3 Å². The van der Waals surface area contributed by atoms with E-state index in [4.69, 9.17) is 14.7 Å². The second-order valence-corrected chi connectivity index (χ2v) is 13.7. The van der Waals surface area contributed by atoms with Gasteiger partial charge in [-0.2, -0.15) is 0 Å². The lowest BCUT2D eigenvalue weighted by Gasteiger charge is -2.36. The third kappa shape index (κ3) is 6.66. The molecule has 1 N–H and O–H groups in total. The molecule has 3 aliphatic rings. The van der Waals surface area contributed by atoms with Crippen molar-refractivity contribution in [1.82, 2.24) is 19.9 Å². The van der Waals surface area contributed by atoms with Crippen LogP contribution in [0, 0.1) is 30.4 Å². The molecule has 1 saturated carbocycles. The van der Waals surface area contributed by atoms with Gasteiger partial charge in [-0.3, -0.25) is 9.78 Å². The number of benzene rings is 1. The number of hydrogen-bond acceptors (Lipinski definition) is 7. The van der Waals surface area contributed by atoms with Gasteiger partial charge in [0.05, 0.1) is 40.7 Å². The molecule has 3 aromatic heterocycles. The van der Waals surface area contributed by atoms with E-state index in [-0.39, 0.29) is 34.7 Å². The molecule has 2 saturated heterocycles. The molecule has 5 heterocycles. The van der Waals surface area contributed by atoms with Crippen LogP contribution in [-0.4, -0.2) is 64.6 Å². The fourth-order valence-corrected chi connectivity index (χ4v) is 7.11. The molecule has 4 aromatic rings. The van der Waals surface area contributed by atoms with E-state index < -0.39 is 11.6 Å². The Hall–Kier alpha value is -4.18. The first-order valence-electron chi connectivity index (χ1n) is 16.9. The molecule has 2 aliphatic heterocycles. The maximum atomic E-state index is 15.7. The molecule has 1 aromatic carbocycles. The number of morpholine rings is 1. The van der Waals surface area contributed by atoms with E-state index in [9.17, 15) is 9.18 Å². The number of hydrogen-bond donors (Lipinski definition) is 1. The molecule has 10 heteroatoms. The van der Waals surface area contributed by atoms with Crippen LogP contribution in [0.25, 0.3) is 22.3 Å². The van der Waals surface area contributed by atoms with E-state index in [1.165, 1.54) is 6.07 Å². The molecule has 3 fully saturated rings. The minimum Gasteiger partial charge on any atom is -0.375 e. The van der Waals surface area contributed by atoms with Gasteiger partial charge in [-0.05, 0) is 68.6 Å². The average molecular weight is 641 g/mol. The third-order valence-electron chi connectivity index (χ3n) is 9.70. The molecule has 0 spiro atoms. The van der Waals surface area contributed by atoms with Gasteiger partial charge >= 0.3 is 0 Å². The number of nitrogens with zero attached hydrogens (tertiary/aromatic N) is 5. The number of ether oxygens (including phenoxy) is 1. The zero-order chi connectivity index (χ0) is 32.7. The van der Waals surface area contributed by atoms with Crippen LogP contribution < -0.4 is 10.2 Å². The highest BCUT2D eigenvalue weighted by Crippen LogP contribution is 2.41. The van der Waals surface area contributed by atoms with E-state index in [0.717, 1.165) is 68.3 Å². The number of aromatic nitrogens is 3. The van der Waals surface area contributed by atoms with Gasteiger partial charge in [0, 0.05) is 73.9 Å². The van der Waals surface area contributed by atoms with Gasteiger partial charge in [0.2, 0.25) is 5.91 Å². The van der Waals surface area contributed by atoms with Crippen molar-refractivity contribution >= 4 is 34.0 Å². The van der Waals surface area contributed by atoms with Gasteiger partial charge in [-0.15, -0.1) is 0 Å². The smallest absolute Gasteiger partial charge is 0.225 e. The third-order valence-corrected chi connectivity index (χ3v) is 9.70.